The van der Waals surface area contributed by atoms with Crippen LogP contribution in [0.2, 0.25) is 30.1 Å². The van der Waals surface area contributed by atoms with Crippen molar-refractivity contribution in [3.8, 4) is 22.2 Å². The van der Waals surface area contributed by atoms with Crippen molar-refractivity contribution in [2.75, 3.05) is 90.6 Å². The molecule has 0 radical (unpaired) electrons. The Labute approximate surface area is 654 Å². The molecular weight excluding hydrogens is 1570 g/mol. The molecule has 0 atom stereocenters. The number of halogens is 7. The van der Waals surface area contributed by atoms with E-state index in [0.717, 1.165) is 87.9 Å². The summed E-state index contributed by atoms with van der Waals surface area (Å²) in [6.45, 7) is 5.98. The molecule has 35 heteroatoms. The van der Waals surface area contributed by atoms with Gasteiger partial charge in [-0.25, -0.2) is 42.5 Å². The van der Waals surface area contributed by atoms with Crippen LogP contribution >= 0.6 is 97.3 Å². The van der Waals surface area contributed by atoms with Crippen molar-refractivity contribution < 1.29 is 14.2 Å². The smallest absolute Gasteiger partial charge is 0.355 e. The highest BCUT2D eigenvalue weighted by molar-refractivity contribution is 9.12. The van der Waals surface area contributed by atoms with Crippen molar-refractivity contribution in [2.45, 2.75) is 82.9 Å². The third-order valence-electron chi connectivity index (χ3n) is 15.8. The lowest BCUT2D eigenvalue weighted by atomic mass is 10.2. The molecule has 27 nitrogen and oxygen atoms in total. The monoisotopic (exact) mass is 1650 g/mol. The van der Waals surface area contributed by atoms with Gasteiger partial charge < -0.3 is 52.7 Å². The third-order valence-corrected chi connectivity index (χ3v) is 18.7. The van der Waals surface area contributed by atoms with Crippen LogP contribution in [0.25, 0.3) is 0 Å². The summed E-state index contributed by atoms with van der Waals surface area (Å²) in [5.41, 5.74) is 23.2. The van der Waals surface area contributed by atoms with Crippen molar-refractivity contribution in [2.24, 2.45) is 27.9 Å². The molecule has 10 N–H and O–H groups in total. The van der Waals surface area contributed by atoms with Gasteiger partial charge in [0.05, 0.1) is 97.3 Å². The fraction of sp³-hybridized carbons (Fsp3) is 0.338. The van der Waals surface area contributed by atoms with Gasteiger partial charge in [-0.05, 0) is 158 Å². The number of guanidine groups is 1. The molecule has 10 rings (SSSR count). The molecule has 0 spiro atoms. The van der Waals surface area contributed by atoms with Crippen LogP contribution in [0, 0.1) is 10.2 Å². The van der Waals surface area contributed by atoms with Crippen LogP contribution in [0.1, 0.15) is 71.9 Å². The maximum absolute atomic E-state index is 13.5. The number of nitrogens with zero attached hydrogens (tertiary/aromatic N) is 12. The topological polar surface area (TPSA) is 366 Å². The maximum Gasteiger partial charge on any atom is 0.355 e. The summed E-state index contributed by atoms with van der Waals surface area (Å²) in [6, 6.07) is 37.0. The highest BCUT2D eigenvalue weighted by Crippen LogP contribution is 2.26. The molecule has 0 unspecified atom stereocenters. The lowest BCUT2D eigenvalue weighted by molar-refractivity contribution is 0.414. The average Bonchev–Trinajstić information content (AvgIpc) is 1.15. The van der Waals surface area contributed by atoms with E-state index < -0.39 is 34.1 Å². The summed E-state index contributed by atoms with van der Waals surface area (Å²) in [4.78, 5) is 98.0. The van der Waals surface area contributed by atoms with E-state index in [4.69, 9.17) is 112 Å². The summed E-state index contributed by atoms with van der Waals surface area (Å²) in [5, 5.41) is 16.1. The van der Waals surface area contributed by atoms with Crippen LogP contribution in [0.3, 0.4) is 0 Å². The van der Waals surface area contributed by atoms with E-state index in [1.165, 1.54) is 31.9 Å². The maximum atomic E-state index is 13.5. The number of unbranched alkanes of at least 4 members (excludes halogenated alkanes) is 4. The second-order valence-electron chi connectivity index (χ2n) is 23.1. The fourth-order valence-corrected chi connectivity index (χ4v) is 11.7. The molecule has 1 aliphatic heterocycles. The number of aromatic nitrogens is 9. The number of hydrogen-bond donors (Lipinski definition) is 6. The van der Waals surface area contributed by atoms with E-state index in [9.17, 15) is 28.8 Å². The molecule has 0 saturated carbocycles. The molecule has 3 aromatic heterocycles. The molecule has 106 heavy (non-hydrogen) atoms. The highest BCUT2D eigenvalue weighted by atomic mass is 79.9. The molecule has 0 aliphatic carbocycles. The zero-order chi connectivity index (χ0) is 77.2. The minimum absolute atomic E-state index is 0.00518. The number of methoxy groups -OCH3 is 3. The van der Waals surface area contributed by atoms with Crippen molar-refractivity contribution >= 4 is 115 Å². The Balaban J connectivity index is 0.000000235. The summed E-state index contributed by atoms with van der Waals surface area (Å²) < 4.78 is 23.2. The molecule has 0 bridgehead atoms. The molecule has 566 valence electrons. The van der Waals surface area contributed by atoms with E-state index in [1.54, 1.807) is 87.2 Å². The van der Waals surface area contributed by atoms with Crippen LogP contribution < -0.4 is 81.9 Å². The highest BCUT2D eigenvalue weighted by Gasteiger charge is 2.20. The minimum atomic E-state index is -0.670. The normalized spacial score (nSPS) is 11.3. The SMILES string of the molecule is COc1ccc(Cn2c(NCCCCCN)nc(=O)n(Cc3ccc(Cl)c(Cl)c3)c2=O)cc1.COc1ccc(Cn2c(NCCN3CCN=C3N)nc(=O)n(Cc3ccc(Cl)c(Cl)c3)c2=O)cc1.COc1ccc(Cn2c(SC)nc(=O)n(Cc3ccc(Cl)c(Cl)c3)c2=O)cc1.N#CBr.NCCCCCN. The lowest BCUT2D eigenvalue weighted by Gasteiger charge is -2.19. The van der Waals surface area contributed by atoms with Crippen LogP contribution in [-0.4, -0.2) is 133 Å². The van der Waals surface area contributed by atoms with Crippen LogP contribution in [0.4, 0.5) is 11.9 Å². The molecule has 0 amide bonds. The van der Waals surface area contributed by atoms with Gasteiger partial charge in [-0.1, -0.05) is 149 Å². The zero-order valence-corrected chi connectivity index (χ0v) is 65.6. The van der Waals surface area contributed by atoms with Crippen LogP contribution in [0.15, 0.2) is 166 Å². The van der Waals surface area contributed by atoms with Gasteiger partial charge in [-0.3, -0.25) is 18.7 Å². The molecular formula is C71H83BrCl6N18O9S. The van der Waals surface area contributed by atoms with Gasteiger partial charge in [0.2, 0.25) is 11.9 Å². The first-order chi connectivity index (χ1) is 51.0. The molecule has 0 fully saturated rings. The number of benzene rings is 6. The predicted molar refractivity (Wildman–Crippen MR) is 427 cm³/mol. The fourth-order valence-electron chi connectivity index (χ4n) is 10.2. The van der Waals surface area contributed by atoms with Gasteiger partial charge >= 0.3 is 34.1 Å². The standard InChI is InChI=1S/C23H25Cl2N7O3.C23H27Cl2N5O3.C19H17Cl2N3O3S.C5H14N2.CBrN/c1-35-17-5-2-15(3-6-17)13-31-21(28-9-11-30-10-8-27-20(30)26)29-22(33)32(23(31)34)14-16-4-7-18(24)19(25)12-16;1-33-18-8-5-16(6-9-18)14-29-21(27-12-4-2-3-11-26)28-22(31)30(23(29)32)15-17-7-10-19(24)20(25)13-17;1-27-14-6-3-12(4-7-14)10-24-18(28-2)22-17(25)23(19(24)26)11-13-5-8-15(20)16(21)9-13;6-4-2-1-3-5-7;2-1-3/h2-7,12H,8-11,13-14H2,1H3,(H2,26,27)(H,28,29,33);5-10,13H,2-4,11-12,14-15,26H2,1H3,(H,27,28,31);3-9H,10-11H2,1-2H3;1-7H2;. The Morgan fingerprint density at radius 1 is 0.462 bits per heavy atom. The number of ether oxygens (including phenoxy) is 3. The van der Waals surface area contributed by atoms with Crippen molar-refractivity contribution in [3.05, 3.63) is 254 Å². The summed E-state index contributed by atoms with van der Waals surface area (Å²) >= 11 is 39.8. The van der Waals surface area contributed by atoms with Crippen molar-refractivity contribution in [1.29, 1.82) is 5.26 Å². The summed E-state index contributed by atoms with van der Waals surface area (Å²) in [5.74, 6) is 3.03. The van der Waals surface area contributed by atoms with Gasteiger partial charge in [0.25, 0.3) is 0 Å². The number of nitrogens with one attached hydrogen (secondary N) is 2. The minimum Gasteiger partial charge on any atom is -0.497 e. The first-order valence-corrected chi connectivity index (χ1v) is 37.3. The lowest BCUT2D eigenvalue weighted by Crippen LogP contribution is -2.44. The first kappa shape index (κ1) is 86.3. The van der Waals surface area contributed by atoms with E-state index >= 15 is 0 Å². The first-order valence-electron chi connectivity index (χ1n) is 33.1. The van der Waals surface area contributed by atoms with Crippen LogP contribution in [0.5, 0.6) is 17.2 Å². The largest absolute Gasteiger partial charge is 0.497 e. The molecule has 1 aliphatic rings. The van der Waals surface area contributed by atoms with Gasteiger partial charge in [0.15, 0.2) is 11.1 Å². The number of nitrogens with two attached hydrogens (primary N) is 4. The van der Waals surface area contributed by atoms with Gasteiger partial charge in [0, 0.05) is 42.1 Å². The predicted octanol–water partition coefficient (Wildman–Crippen LogP) is 9.69. The molecule has 4 heterocycles. The Kier molecular flexibility index (Phi) is 36.7. The van der Waals surface area contributed by atoms with E-state index in [1.807, 2.05) is 77.7 Å². The summed E-state index contributed by atoms with van der Waals surface area (Å²) in [6.07, 6.45) is 7.91. The zero-order valence-electron chi connectivity index (χ0n) is 58.7. The van der Waals surface area contributed by atoms with Gasteiger partial charge in [-0.15, -0.1) is 0 Å². The van der Waals surface area contributed by atoms with E-state index in [0.29, 0.717) is 102 Å². The average molecular weight is 1660 g/mol. The second-order valence-corrected chi connectivity index (χ2v) is 26.7. The third kappa shape index (κ3) is 26.4. The summed E-state index contributed by atoms with van der Waals surface area (Å²) in [7, 11) is 4.77. The number of rotatable bonds is 30. The number of hydrogen-bond acceptors (Lipinski definition) is 22. The van der Waals surface area contributed by atoms with Gasteiger partial charge in [-0.2, -0.15) is 20.2 Å². The molecule has 6 aromatic carbocycles. The van der Waals surface area contributed by atoms with E-state index in [-0.39, 0.29) is 51.2 Å². The van der Waals surface area contributed by atoms with E-state index in [2.05, 4.69) is 46.5 Å². The Morgan fingerprint density at radius 2 is 0.783 bits per heavy atom. The van der Waals surface area contributed by atoms with Gasteiger partial charge in [0.1, 0.15) is 22.2 Å². The quantitative estimate of drug-likeness (QED) is 0.0180. The van der Waals surface area contributed by atoms with Crippen molar-refractivity contribution in [3.63, 3.8) is 0 Å². The van der Waals surface area contributed by atoms with Crippen molar-refractivity contribution in [1.82, 2.24) is 47.3 Å². The number of thioether (sulfide) groups is 1. The molecule has 0 saturated heterocycles. The Hall–Kier alpha value is -8.64. The number of anilines is 2. The molecule has 9 aromatic rings. The Bertz CT molecular complexity index is 4790. The number of aliphatic imine (C=N–C) groups is 1. The van der Waals surface area contributed by atoms with Crippen LogP contribution in [-0.2, 0) is 39.3 Å². The number of nitriles is 1. The second kappa shape index (κ2) is 45.1. The Morgan fingerprint density at radius 3 is 1.11 bits per heavy atom.